The van der Waals surface area contributed by atoms with Gasteiger partial charge in [-0.05, 0) is 31.0 Å². The summed E-state index contributed by atoms with van der Waals surface area (Å²) in [6, 6.07) is 5.44. The van der Waals surface area contributed by atoms with Crippen molar-refractivity contribution >= 4 is 28.9 Å². The minimum Gasteiger partial charge on any atom is -0.397 e. The van der Waals surface area contributed by atoms with Crippen LogP contribution in [0.4, 0.5) is 11.4 Å². The quantitative estimate of drug-likeness (QED) is 0.847. The zero-order chi connectivity index (χ0) is 13.4. The van der Waals surface area contributed by atoms with Gasteiger partial charge >= 0.3 is 0 Å². The number of anilines is 2. The Kier molecular flexibility index (Phi) is 2.91. The third kappa shape index (κ3) is 2.56. The lowest BCUT2D eigenvalue weighted by atomic mass is 10.3. The number of amides is 1. The van der Waals surface area contributed by atoms with Gasteiger partial charge in [0.25, 0.3) is 5.91 Å². The Morgan fingerprint density at radius 3 is 2.89 bits per heavy atom. The van der Waals surface area contributed by atoms with Crippen LogP contribution in [0.1, 0.15) is 29.4 Å². The lowest BCUT2D eigenvalue weighted by Gasteiger charge is -2.08. The van der Waals surface area contributed by atoms with E-state index in [9.17, 15) is 4.79 Å². The average Bonchev–Trinajstić information content (AvgIpc) is 3.15. The number of rotatable bonds is 3. The number of pyridine rings is 1. The first kappa shape index (κ1) is 12.0. The minimum atomic E-state index is -0.187. The van der Waals surface area contributed by atoms with Crippen molar-refractivity contribution in [3.8, 4) is 0 Å². The maximum Gasteiger partial charge on any atom is 0.272 e. The summed E-state index contributed by atoms with van der Waals surface area (Å²) in [6.07, 6.45) is 5.52. The molecule has 2 heterocycles. The number of hydrogen-bond donors (Lipinski definition) is 2. The third-order valence-corrected chi connectivity index (χ3v) is 3.25. The number of aromatic nitrogens is 2. The van der Waals surface area contributed by atoms with Crippen LogP contribution in [0.3, 0.4) is 0 Å². The van der Waals surface area contributed by atoms with Gasteiger partial charge in [-0.25, -0.2) is 4.98 Å². The van der Waals surface area contributed by atoms with Gasteiger partial charge in [-0.1, -0.05) is 11.6 Å². The lowest BCUT2D eigenvalue weighted by molar-refractivity contribution is 0.101. The number of nitrogens with zero attached hydrogens (tertiary/aromatic N) is 2. The molecular weight excluding hydrogens is 264 g/mol. The van der Waals surface area contributed by atoms with E-state index >= 15 is 0 Å². The molecule has 6 heteroatoms. The van der Waals surface area contributed by atoms with Crippen LogP contribution >= 0.6 is 11.6 Å². The van der Waals surface area contributed by atoms with Crippen molar-refractivity contribution in [3.63, 3.8) is 0 Å². The molecule has 19 heavy (non-hydrogen) atoms. The average molecular weight is 277 g/mol. The molecule has 0 bridgehead atoms. The fraction of sp³-hybridized carbons (Fsp3) is 0.231. The second-order valence-electron chi connectivity index (χ2n) is 4.62. The Morgan fingerprint density at radius 2 is 2.26 bits per heavy atom. The summed E-state index contributed by atoms with van der Waals surface area (Å²) in [4.78, 5) is 16.1. The molecule has 2 aromatic rings. The van der Waals surface area contributed by atoms with Gasteiger partial charge < -0.3 is 15.6 Å². The van der Waals surface area contributed by atoms with Crippen molar-refractivity contribution in [1.82, 2.24) is 9.55 Å². The molecule has 1 amide bonds. The highest BCUT2D eigenvalue weighted by atomic mass is 35.5. The van der Waals surface area contributed by atoms with E-state index in [4.69, 9.17) is 17.3 Å². The summed E-state index contributed by atoms with van der Waals surface area (Å²) in [6.45, 7) is 0. The van der Waals surface area contributed by atoms with E-state index in [1.54, 1.807) is 18.2 Å². The number of carbonyl (C=O) groups is 1. The largest absolute Gasteiger partial charge is 0.397 e. The second kappa shape index (κ2) is 4.59. The number of nitrogen functional groups attached to an aromatic ring is 1. The topological polar surface area (TPSA) is 72.9 Å². The van der Waals surface area contributed by atoms with Crippen molar-refractivity contribution in [2.24, 2.45) is 0 Å². The van der Waals surface area contributed by atoms with E-state index in [2.05, 4.69) is 10.3 Å². The van der Waals surface area contributed by atoms with E-state index < -0.39 is 0 Å². The fourth-order valence-electron chi connectivity index (χ4n) is 1.98. The molecule has 0 unspecified atom stereocenters. The van der Waals surface area contributed by atoms with Gasteiger partial charge in [0.1, 0.15) is 10.8 Å². The number of hydrogen-bond acceptors (Lipinski definition) is 3. The van der Waals surface area contributed by atoms with Crippen LogP contribution in [0.25, 0.3) is 0 Å². The van der Waals surface area contributed by atoms with Gasteiger partial charge in [0, 0.05) is 12.2 Å². The van der Waals surface area contributed by atoms with Gasteiger partial charge in [0.2, 0.25) is 0 Å². The first-order valence-corrected chi connectivity index (χ1v) is 6.41. The lowest BCUT2D eigenvalue weighted by Crippen LogP contribution is -2.16. The maximum absolute atomic E-state index is 12.2. The molecule has 0 aliphatic heterocycles. The molecule has 5 nitrogen and oxygen atoms in total. The normalized spacial score (nSPS) is 14.4. The monoisotopic (exact) mass is 276 g/mol. The molecule has 1 aliphatic rings. The van der Waals surface area contributed by atoms with Gasteiger partial charge in [-0.2, -0.15) is 0 Å². The molecule has 1 fully saturated rings. The van der Waals surface area contributed by atoms with Gasteiger partial charge in [-0.15, -0.1) is 0 Å². The molecule has 98 valence electrons. The predicted molar refractivity (Wildman–Crippen MR) is 74.3 cm³/mol. The van der Waals surface area contributed by atoms with Crippen LogP contribution in [0.2, 0.25) is 5.15 Å². The van der Waals surface area contributed by atoms with E-state index in [1.807, 2.05) is 10.8 Å². The third-order valence-electron chi connectivity index (χ3n) is 3.03. The molecular formula is C13H13ClN4O. The number of nitrogens with one attached hydrogen (secondary N) is 1. The maximum atomic E-state index is 12.2. The van der Waals surface area contributed by atoms with E-state index in [0.717, 1.165) is 12.8 Å². The highest BCUT2D eigenvalue weighted by Gasteiger charge is 2.27. The second-order valence-corrected chi connectivity index (χ2v) is 5.01. The van der Waals surface area contributed by atoms with Crippen molar-refractivity contribution in [3.05, 3.63) is 41.4 Å². The first-order valence-electron chi connectivity index (χ1n) is 6.04. The Balaban J connectivity index is 1.82. The number of carbonyl (C=O) groups excluding carboxylic acids is 1. The standard InChI is InChI=1S/C13H13ClN4O/c14-12-4-1-9(6-16-12)17-13(19)11-5-8(15)7-18(11)10-2-3-10/h1,4-7,10H,2-3,15H2,(H,17,19). The van der Waals surface area contributed by atoms with E-state index in [-0.39, 0.29) is 5.91 Å². The van der Waals surface area contributed by atoms with Crippen molar-refractivity contribution in [2.45, 2.75) is 18.9 Å². The predicted octanol–water partition coefficient (Wildman–Crippen LogP) is 2.71. The van der Waals surface area contributed by atoms with Gasteiger partial charge in [-0.3, -0.25) is 4.79 Å². The highest BCUT2D eigenvalue weighted by Crippen LogP contribution is 2.37. The molecule has 0 aromatic carbocycles. The SMILES string of the molecule is Nc1cc(C(=O)Nc2ccc(Cl)nc2)n(C2CC2)c1. The van der Waals surface area contributed by atoms with Gasteiger partial charge in [0.15, 0.2) is 0 Å². The molecule has 0 saturated heterocycles. The Hall–Kier alpha value is -2.01. The zero-order valence-corrected chi connectivity index (χ0v) is 10.9. The van der Waals surface area contributed by atoms with Crippen LogP contribution in [-0.2, 0) is 0 Å². The molecule has 3 rings (SSSR count). The number of nitrogens with two attached hydrogens (primary N) is 1. The first-order chi connectivity index (χ1) is 9.13. The summed E-state index contributed by atoms with van der Waals surface area (Å²) in [7, 11) is 0. The van der Waals surface area contributed by atoms with Crippen LogP contribution in [0.5, 0.6) is 0 Å². The summed E-state index contributed by atoms with van der Waals surface area (Å²) in [5, 5.41) is 3.18. The summed E-state index contributed by atoms with van der Waals surface area (Å²) in [5.41, 5.74) is 7.55. The summed E-state index contributed by atoms with van der Waals surface area (Å²) < 4.78 is 1.94. The summed E-state index contributed by atoms with van der Waals surface area (Å²) in [5.74, 6) is -0.187. The Labute approximate surface area is 115 Å². The zero-order valence-electron chi connectivity index (χ0n) is 10.1. The molecule has 3 N–H and O–H groups in total. The highest BCUT2D eigenvalue weighted by molar-refractivity contribution is 6.29. The van der Waals surface area contributed by atoms with Crippen LogP contribution in [0, 0.1) is 0 Å². The van der Waals surface area contributed by atoms with Crippen LogP contribution in [0.15, 0.2) is 30.6 Å². The van der Waals surface area contributed by atoms with E-state index in [1.165, 1.54) is 6.20 Å². The molecule has 1 aliphatic carbocycles. The van der Waals surface area contributed by atoms with E-state index in [0.29, 0.717) is 28.3 Å². The fourth-order valence-corrected chi connectivity index (χ4v) is 2.09. The summed E-state index contributed by atoms with van der Waals surface area (Å²) >= 11 is 5.70. The molecule has 0 atom stereocenters. The molecule has 0 spiro atoms. The Morgan fingerprint density at radius 1 is 1.47 bits per heavy atom. The Bertz CT molecular complexity index is 616. The number of halogens is 1. The molecule has 0 radical (unpaired) electrons. The van der Waals surface area contributed by atoms with Crippen molar-refractivity contribution in [2.75, 3.05) is 11.1 Å². The minimum absolute atomic E-state index is 0.187. The van der Waals surface area contributed by atoms with Crippen LogP contribution < -0.4 is 11.1 Å². The smallest absolute Gasteiger partial charge is 0.272 e. The molecule has 1 saturated carbocycles. The molecule has 2 aromatic heterocycles. The van der Waals surface area contributed by atoms with Crippen LogP contribution in [-0.4, -0.2) is 15.5 Å². The van der Waals surface area contributed by atoms with Gasteiger partial charge in [0.05, 0.1) is 17.6 Å². The van der Waals surface area contributed by atoms with Crippen molar-refractivity contribution < 1.29 is 4.79 Å². The van der Waals surface area contributed by atoms with Crippen molar-refractivity contribution in [1.29, 1.82) is 0 Å².